The first kappa shape index (κ1) is 22.3. The Kier molecular flexibility index (Phi) is 7.46. The molecule has 9 heteroatoms. The summed E-state index contributed by atoms with van der Waals surface area (Å²) < 4.78 is 28.4. The number of hydrogen-bond donors (Lipinski definition) is 1. The number of rotatable bonds is 7. The SMILES string of the molecule is O=C(CN(c1ccc(I)cc1)S(=O)(=O)c1ccccc1)N/N=C\c1ccc(Cl)cc1. The molecule has 0 aliphatic rings. The van der Waals surface area contributed by atoms with Crippen LogP contribution in [0, 0.1) is 3.57 Å². The van der Waals surface area contributed by atoms with Gasteiger partial charge in [0.2, 0.25) is 0 Å². The molecule has 30 heavy (non-hydrogen) atoms. The van der Waals surface area contributed by atoms with Gasteiger partial charge in [-0.1, -0.05) is 41.9 Å². The molecule has 0 aromatic heterocycles. The van der Waals surface area contributed by atoms with Crippen LogP contribution in [0.1, 0.15) is 5.56 Å². The lowest BCUT2D eigenvalue weighted by Crippen LogP contribution is -2.39. The van der Waals surface area contributed by atoms with Crippen LogP contribution < -0.4 is 9.73 Å². The molecule has 0 heterocycles. The quantitative estimate of drug-likeness (QED) is 0.269. The Labute approximate surface area is 193 Å². The van der Waals surface area contributed by atoms with Crippen molar-refractivity contribution < 1.29 is 13.2 Å². The maximum Gasteiger partial charge on any atom is 0.264 e. The van der Waals surface area contributed by atoms with Gasteiger partial charge >= 0.3 is 0 Å². The standard InChI is InChI=1S/C21H17ClIN3O3S/c22-17-8-6-16(7-9-17)14-24-25-21(27)15-26(19-12-10-18(23)11-13-19)30(28,29)20-4-2-1-3-5-20/h1-14H,15H2,(H,25,27)/b24-14-. The zero-order valence-corrected chi connectivity index (χ0v) is 19.3. The average Bonchev–Trinajstić information content (AvgIpc) is 2.75. The second kappa shape index (κ2) is 10.1. The van der Waals surface area contributed by atoms with Crippen molar-refractivity contribution in [2.45, 2.75) is 4.90 Å². The summed E-state index contributed by atoms with van der Waals surface area (Å²) in [6.07, 6.45) is 1.45. The smallest absolute Gasteiger partial charge is 0.264 e. The predicted octanol–water partition coefficient (Wildman–Crippen LogP) is 4.29. The van der Waals surface area contributed by atoms with Gasteiger partial charge < -0.3 is 0 Å². The molecule has 3 aromatic carbocycles. The van der Waals surface area contributed by atoms with Gasteiger partial charge in [-0.3, -0.25) is 9.10 Å². The fraction of sp³-hybridized carbons (Fsp3) is 0.0476. The van der Waals surface area contributed by atoms with E-state index in [0.29, 0.717) is 10.7 Å². The van der Waals surface area contributed by atoms with Gasteiger partial charge in [-0.05, 0) is 76.7 Å². The van der Waals surface area contributed by atoms with Gasteiger partial charge in [0.05, 0.1) is 16.8 Å². The van der Waals surface area contributed by atoms with Crippen molar-refractivity contribution in [3.8, 4) is 0 Å². The van der Waals surface area contributed by atoms with Crippen LogP contribution in [0.2, 0.25) is 5.02 Å². The molecule has 0 bridgehead atoms. The molecule has 0 radical (unpaired) electrons. The number of carbonyl (C=O) groups is 1. The van der Waals surface area contributed by atoms with Crippen LogP contribution in [0.15, 0.2) is 88.9 Å². The van der Waals surface area contributed by atoms with Gasteiger partial charge in [-0.15, -0.1) is 0 Å². The van der Waals surface area contributed by atoms with E-state index in [1.807, 2.05) is 0 Å². The summed E-state index contributed by atoms with van der Waals surface area (Å²) in [5, 5.41) is 4.49. The second-order valence-electron chi connectivity index (χ2n) is 6.15. The molecule has 0 fully saturated rings. The predicted molar refractivity (Wildman–Crippen MR) is 127 cm³/mol. The molecule has 1 amide bonds. The van der Waals surface area contributed by atoms with E-state index in [9.17, 15) is 13.2 Å². The second-order valence-corrected chi connectivity index (χ2v) is 9.69. The number of halogens is 2. The normalized spacial score (nSPS) is 11.4. The first-order valence-electron chi connectivity index (χ1n) is 8.77. The first-order chi connectivity index (χ1) is 14.4. The van der Waals surface area contributed by atoms with Gasteiger partial charge in [-0.25, -0.2) is 13.8 Å². The van der Waals surface area contributed by atoms with Crippen molar-refractivity contribution in [1.82, 2.24) is 5.43 Å². The van der Waals surface area contributed by atoms with Crippen LogP contribution in [0.4, 0.5) is 5.69 Å². The fourth-order valence-electron chi connectivity index (χ4n) is 2.54. The monoisotopic (exact) mass is 553 g/mol. The Morgan fingerprint density at radius 2 is 1.63 bits per heavy atom. The molecule has 3 aromatic rings. The van der Waals surface area contributed by atoms with Crippen LogP contribution in [0.3, 0.4) is 0 Å². The van der Waals surface area contributed by atoms with Crippen molar-refractivity contribution in [1.29, 1.82) is 0 Å². The van der Waals surface area contributed by atoms with E-state index in [1.54, 1.807) is 66.7 Å². The summed E-state index contributed by atoms with van der Waals surface area (Å²) in [6, 6.07) is 21.8. The third kappa shape index (κ3) is 5.80. The molecule has 0 spiro atoms. The Balaban J connectivity index is 1.81. The highest BCUT2D eigenvalue weighted by molar-refractivity contribution is 14.1. The van der Waals surface area contributed by atoms with Gasteiger partial charge in [0.1, 0.15) is 6.54 Å². The lowest BCUT2D eigenvalue weighted by atomic mass is 10.2. The number of sulfonamides is 1. The zero-order chi connectivity index (χ0) is 21.6. The van der Waals surface area contributed by atoms with E-state index in [1.165, 1.54) is 18.3 Å². The molecule has 3 rings (SSSR count). The number of hydrazone groups is 1. The molecule has 0 saturated carbocycles. The number of amides is 1. The Bertz CT molecular complexity index is 1140. The van der Waals surface area contributed by atoms with Crippen LogP contribution in [-0.2, 0) is 14.8 Å². The van der Waals surface area contributed by atoms with Crippen LogP contribution >= 0.6 is 34.2 Å². The minimum absolute atomic E-state index is 0.0982. The number of benzene rings is 3. The summed E-state index contributed by atoms with van der Waals surface area (Å²) in [5.74, 6) is -0.571. The third-order valence-corrected chi connectivity index (χ3v) is 6.77. The topological polar surface area (TPSA) is 78.8 Å². The number of nitrogens with one attached hydrogen (secondary N) is 1. The van der Waals surface area contributed by atoms with Gasteiger partial charge in [0.15, 0.2) is 0 Å². The van der Waals surface area contributed by atoms with E-state index in [-0.39, 0.29) is 4.90 Å². The molecule has 6 nitrogen and oxygen atoms in total. The summed E-state index contributed by atoms with van der Waals surface area (Å²) >= 11 is 7.97. The van der Waals surface area contributed by atoms with Gasteiger partial charge in [0, 0.05) is 8.59 Å². The summed E-state index contributed by atoms with van der Waals surface area (Å²) in [4.78, 5) is 12.6. The van der Waals surface area contributed by atoms with Crippen molar-refractivity contribution in [2.75, 3.05) is 10.8 Å². The highest BCUT2D eigenvalue weighted by Crippen LogP contribution is 2.24. The molecule has 0 saturated heterocycles. The number of nitrogens with zero attached hydrogens (tertiary/aromatic N) is 2. The highest BCUT2D eigenvalue weighted by atomic mass is 127. The minimum atomic E-state index is -3.94. The number of carbonyl (C=O) groups excluding carboxylic acids is 1. The number of anilines is 1. The molecule has 0 aliphatic heterocycles. The lowest BCUT2D eigenvalue weighted by molar-refractivity contribution is -0.119. The van der Waals surface area contributed by atoms with Crippen LogP contribution in [0.25, 0.3) is 0 Å². The van der Waals surface area contributed by atoms with E-state index < -0.39 is 22.5 Å². The van der Waals surface area contributed by atoms with E-state index in [4.69, 9.17) is 11.6 Å². The Morgan fingerprint density at radius 3 is 2.27 bits per heavy atom. The average molecular weight is 554 g/mol. The molecular formula is C21H17ClIN3O3S. The molecule has 0 atom stereocenters. The number of hydrogen-bond acceptors (Lipinski definition) is 4. The van der Waals surface area contributed by atoms with E-state index in [0.717, 1.165) is 13.4 Å². The van der Waals surface area contributed by atoms with Gasteiger partial charge in [-0.2, -0.15) is 5.10 Å². The fourth-order valence-corrected chi connectivity index (χ4v) is 4.46. The van der Waals surface area contributed by atoms with Gasteiger partial charge in [0.25, 0.3) is 15.9 Å². The maximum atomic E-state index is 13.2. The molecule has 1 N–H and O–H groups in total. The zero-order valence-electron chi connectivity index (χ0n) is 15.6. The van der Waals surface area contributed by atoms with E-state index in [2.05, 4.69) is 33.1 Å². The largest absolute Gasteiger partial charge is 0.271 e. The van der Waals surface area contributed by atoms with Crippen molar-refractivity contribution in [3.63, 3.8) is 0 Å². The summed E-state index contributed by atoms with van der Waals surface area (Å²) in [5.41, 5.74) is 3.50. The molecule has 154 valence electrons. The molecular weight excluding hydrogens is 537 g/mol. The maximum absolute atomic E-state index is 13.2. The van der Waals surface area contributed by atoms with E-state index >= 15 is 0 Å². The molecule has 0 aliphatic carbocycles. The Morgan fingerprint density at radius 1 is 1.00 bits per heavy atom. The first-order valence-corrected chi connectivity index (χ1v) is 11.7. The van der Waals surface area contributed by atoms with Crippen LogP contribution in [-0.4, -0.2) is 27.1 Å². The summed E-state index contributed by atoms with van der Waals surface area (Å²) in [6.45, 7) is -0.421. The van der Waals surface area contributed by atoms with Crippen molar-refractivity contribution in [3.05, 3.63) is 93.0 Å². The van der Waals surface area contributed by atoms with Crippen molar-refractivity contribution in [2.24, 2.45) is 5.10 Å². The highest BCUT2D eigenvalue weighted by Gasteiger charge is 2.27. The van der Waals surface area contributed by atoms with Crippen molar-refractivity contribution >= 4 is 62.0 Å². The Hall–Kier alpha value is -2.43. The summed E-state index contributed by atoms with van der Waals surface area (Å²) in [7, 11) is -3.94. The lowest BCUT2D eigenvalue weighted by Gasteiger charge is -2.23. The minimum Gasteiger partial charge on any atom is -0.271 e. The molecule has 0 unspecified atom stereocenters. The van der Waals surface area contributed by atoms with Crippen LogP contribution in [0.5, 0.6) is 0 Å². The third-order valence-electron chi connectivity index (χ3n) is 4.01.